The lowest BCUT2D eigenvalue weighted by molar-refractivity contribution is -0.137. The van der Waals surface area contributed by atoms with Gasteiger partial charge in [-0.1, -0.05) is 23.9 Å². The van der Waals surface area contributed by atoms with Crippen molar-refractivity contribution in [1.29, 1.82) is 5.26 Å². The van der Waals surface area contributed by atoms with Gasteiger partial charge >= 0.3 is 6.18 Å². The largest absolute Gasteiger partial charge is 0.418 e. The molecule has 142 valence electrons. The van der Waals surface area contributed by atoms with Gasteiger partial charge in [-0.05, 0) is 12.1 Å². The molecule has 0 aliphatic carbocycles. The smallest absolute Gasteiger partial charge is 0.388 e. The Morgan fingerprint density at radius 3 is 2.63 bits per heavy atom. The van der Waals surface area contributed by atoms with Gasteiger partial charge in [-0.25, -0.2) is 0 Å². The molecule has 0 saturated carbocycles. The molecule has 3 amide bonds. The van der Waals surface area contributed by atoms with Crippen molar-refractivity contribution in [3.05, 3.63) is 41.6 Å². The number of imide groups is 1. The summed E-state index contributed by atoms with van der Waals surface area (Å²) in [6.45, 7) is 0.119. The number of halogens is 3. The number of thioether (sulfide) groups is 1. The second-order valence-corrected chi connectivity index (χ2v) is 6.15. The monoisotopic (exact) mass is 398 g/mol. The molecule has 0 bridgehead atoms. The second kappa shape index (κ2) is 8.59. The van der Waals surface area contributed by atoms with Crippen molar-refractivity contribution in [3.63, 3.8) is 0 Å². The third kappa shape index (κ3) is 5.24. The van der Waals surface area contributed by atoms with Gasteiger partial charge in [0, 0.05) is 19.3 Å². The van der Waals surface area contributed by atoms with Crippen molar-refractivity contribution in [2.24, 2.45) is 0 Å². The van der Waals surface area contributed by atoms with Crippen molar-refractivity contribution in [1.82, 2.24) is 10.2 Å². The number of nitriles is 1. The molecule has 27 heavy (non-hydrogen) atoms. The lowest BCUT2D eigenvalue weighted by atomic mass is 10.1. The molecule has 2 rings (SSSR count). The number of carbonyl (C=O) groups is 3. The topological polar surface area (TPSA) is 102 Å². The number of para-hydroxylation sites is 1. The summed E-state index contributed by atoms with van der Waals surface area (Å²) in [4.78, 5) is 35.9. The number of alkyl halides is 3. The minimum atomic E-state index is -4.66. The van der Waals surface area contributed by atoms with Crippen molar-refractivity contribution in [3.8, 4) is 6.07 Å². The quantitative estimate of drug-likeness (QED) is 0.433. The molecule has 0 atom stereocenters. The molecule has 1 aliphatic rings. The first kappa shape index (κ1) is 20.3. The van der Waals surface area contributed by atoms with Crippen molar-refractivity contribution >= 4 is 34.5 Å². The number of hydrogen-bond acceptors (Lipinski definition) is 6. The third-order valence-electron chi connectivity index (χ3n) is 3.41. The van der Waals surface area contributed by atoms with Crippen LogP contribution in [0.1, 0.15) is 5.56 Å². The molecular formula is C16H13F3N4O3S. The van der Waals surface area contributed by atoms with Crippen LogP contribution in [0.4, 0.5) is 23.7 Å². The van der Waals surface area contributed by atoms with Gasteiger partial charge < -0.3 is 10.6 Å². The highest BCUT2D eigenvalue weighted by atomic mass is 32.2. The zero-order chi connectivity index (χ0) is 20.0. The Kier molecular flexibility index (Phi) is 6.46. The second-order valence-electron chi connectivity index (χ2n) is 5.22. The first-order valence-corrected chi connectivity index (χ1v) is 8.51. The Morgan fingerprint density at radius 2 is 2.04 bits per heavy atom. The molecule has 0 spiro atoms. The average Bonchev–Trinajstić information content (AvgIpc) is 2.93. The first-order valence-electron chi connectivity index (χ1n) is 7.52. The molecule has 1 heterocycles. The standard InChI is InChI=1S/C16H13F3N4O3S/c17-16(18,19)11-3-1-2-4-12(11)22-14(25)10(7-20)8-21-5-6-23-13(24)9-27-15(23)26/h1-4,8,21H,5-6,9H2,(H,22,25)/b10-8-. The Hall–Kier alpha value is -3.00. The van der Waals surface area contributed by atoms with Gasteiger partial charge in [0.1, 0.15) is 11.6 Å². The van der Waals surface area contributed by atoms with Gasteiger partial charge in [-0.15, -0.1) is 0 Å². The summed E-state index contributed by atoms with van der Waals surface area (Å²) in [5, 5.41) is 13.3. The molecule has 1 aromatic rings. The fourth-order valence-corrected chi connectivity index (χ4v) is 2.88. The number of amides is 3. The number of nitrogens with zero attached hydrogens (tertiary/aromatic N) is 2. The van der Waals surface area contributed by atoms with E-state index in [0.717, 1.165) is 35.0 Å². The summed E-state index contributed by atoms with van der Waals surface area (Å²) in [5.41, 5.74) is -1.96. The van der Waals surface area contributed by atoms with Crippen LogP contribution in [0.25, 0.3) is 0 Å². The van der Waals surface area contributed by atoms with Gasteiger partial charge in [-0.2, -0.15) is 18.4 Å². The minimum Gasteiger partial charge on any atom is -0.388 e. The summed E-state index contributed by atoms with van der Waals surface area (Å²) in [6, 6.07) is 5.97. The van der Waals surface area contributed by atoms with E-state index in [4.69, 9.17) is 5.26 Å². The van der Waals surface area contributed by atoms with Crippen LogP contribution in [0.5, 0.6) is 0 Å². The molecular weight excluding hydrogens is 385 g/mol. The van der Waals surface area contributed by atoms with Crippen molar-refractivity contribution in [2.45, 2.75) is 6.18 Å². The van der Waals surface area contributed by atoms with Crippen molar-refractivity contribution < 1.29 is 27.6 Å². The zero-order valence-corrected chi connectivity index (χ0v) is 14.5. The van der Waals surface area contributed by atoms with Crippen LogP contribution in [0.2, 0.25) is 0 Å². The highest BCUT2D eigenvalue weighted by Crippen LogP contribution is 2.34. The Balaban J connectivity index is 1.98. The van der Waals surface area contributed by atoms with E-state index in [9.17, 15) is 27.6 Å². The van der Waals surface area contributed by atoms with E-state index in [0.29, 0.717) is 0 Å². The fraction of sp³-hybridized carbons (Fsp3) is 0.250. The number of anilines is 1. The van der Waals surface area contributed by atoms with Crippen LogP contribution in [0, 0.1) is 11.3 Å². The van der Waals surface area contributed by atoms with E-state index in [2.05, 4.69) is 10.6 Å². The molecule has 7 nitrogen and oxygen atoms in total. The summed E-state index contributed by atoms with van der Waals surface area (Å²) < 4.78 is 38.8. The van der Waals surface area contributed by atoms with Crippen LogP contribution in [0.3, 0.4) is 0 Å². The minimum absolute atomic E-state index is 0.0401. The number of nitrogens with one attached hydrogen (secondary N) is 2. The summed E-state index contributed by atoms with van der Waals surface area (Å²) in [7, 11) is 0. The summed E-state index contributed by atoms with van der Waals surface area (Å²) in [5.74, 6) is -1.29. The van der Waals surface area contributed by atoms with Gasteiger partial charge in [0.05, 0.1) is 17.0 Å². The van der Waals surface area contributed by atoms with E-state index in [1.807, 2.05) is 0 Å². The lowest BCUT2D eigenvalue weighted by Gasteiger charge is -2.14. The third-order valence-corrected chi connectivity index (χ3v) is 4.27. The first-order chi connectivity index (χ1) is 12.7. The van der Waals surface area contributed by atoms with Crippen molar-refractivity contribution in [2.75, 3.05) is 24.2 Å². The molecule has 0 unspecified atom stereocenters. The summed E-state index contributed by atoms with van der Waals surface area (Å²) in [6.07, 6.45) is -3.64. The summed E-state index contributed by atoms with van der Waals surface area (Å²) >= 11 is 0.878. The van der Waals surface area contributed by atoms with E-state index in [1.165, 1.54) is 12.1 Å². The van der Waals surface area contributed by atoms with E-state index < -0.39 is 28.9 Å². The van der Waals surface area contributed by atoms with Crippen LogP contribution in [-0.4, -0.2) is 40.8 Å². The van der Waals surface area contributed by atoms with E-state index in [-0.39, 0.29) is 30.0 Å². The predicted octanol–water partition coefficient (Wildman–Crippen LogP) is 2.34. The number of benzene rings is 1. The maximum absolute atomic E-state index is 12.9. The Morgan fingerprint density at radius 1 is 1.33 bits per heavy atom. The number of carbonyl (C=O) groups excluding carboxylic acids is 3. The highest BCUT2D eigenvalue weighted by molar-refractivity contribution is 8.14. The normalized spacial score (nSPS) is 14.9. The SMILES string of the molecule is N#C/C(=C/NCCN1C(=O)CSC1=O)C(=O)Nc1ccccc1C(F)(F)F. The van der Waals surface area contributed by atoms with Crippen LogP contribution < -0.4 is 10.6 Å². The molecule has 0 radical (unpaired) electrons. The molecule has 1 aliphatic heterocycles. The van der Waals surface area contributed by atoms with Crippen LogP contribution in [-0.2, 0) is 15.8 Å². The predicted molar refractivity (Wildman–Crippen MR) is 91.3 cm³/mol. The molecule has 0 aromatic heterocycles. The Bertz CT molecular complexity index is 817. The van der Waals surface area contributed by atoms with E-state index in [1.54, 1.807) is 6.07 Å². The molecule has 1 fully saturated rings. The van der Waals surface area contributed by atoms with Gasteiger partial charge in [0.25, 0.3) is 11.1 Å². The van der Waals surface area contributed by atoms with Crippen LogP contribution in [0.15, 0.2) is 36.0 Å². The average molecular weight is 398 g/mol. The molecule has 11 heteroatoms. The molecule has 1 saturated heterocycles. The Labute approximate surface area is 156 Å². The number of hydrogen-bond donors (Lipinski definition) is 2. The lowest BCUT2D eigenvalue weighted by Crippen LogP contribution is -2.34. The maximum atomic E-state index is 12.9. The molecule has 2 N–H and O–H groups in total. The maximum Gasteiger partial charge on any atom is 0.418 e. The number of rotatable bonds is 6. The highest BCUT2D eigenvalue weighted by Gasteiger charge is 2.33. The fourth-order valence-electron chi connectivity index (χ4n) is 2.13. The van der Waals surface area contributed by atoms with Gasteiger partial charge in [0.15, 0.2) is 0 Å². The van der Waals surface area contributed by atoms with E-state index >= 15 is 0 Å². The van der Waals surface area contributed by atoms with Crippen LogP contribution >= 0.6 is 11.8 Å². The van der Waals surface area contributed by atoms with Gasteiger partial charge in [-0.3, -0.25) is 19.3 Å². The molecule has 1 aromatic carbocycles. The zero-order valence-electron chi connectivity index (χ0n) is 13.7. The van der Waals surface area contributed by atoms with Gasteiger partial charge in [0.2, 0.25) is 5.91 Å².